The Hall–Kier alpha value is -1.75. The van der Waals surface area contributed by atoms with Crippen molar-refractivity contribution in [2.24, 2.45) is 11.8 Å². The first kappa shape index (κ1) is 15.6. The molecule has 0 saturated heterocycles. The van der Waals surface area contributed by atoms with Crippen LogP contribution in [0.25, 0.3) is 0 Å². The van der Waals surface area contributed by atoms with Crippen LogP contribution in [0, 0.1) is 23.2 Å². The lowest BCUT2D eigenvalue weighted by Gasteiger charge is -2.26. The molecule has 1 saturated carbocycles. The highest BCUT2D eigenvalue weighted by Crippen LogP contribution is 2.32. The van der Waals surface area contributed by atoms with Gasteiger partial charge in [-0.3, -0.25) is 0 Å². The van der Waals surface area contributed by atoms with Crippen molar-refractivity contribution in [2.75, 3.05) is 6.61 Å². The van der Waals surface area contributed by atoms with Gasteiger partial charge < -0.3 is 4.74 Å². The molecule has 0 aromatic heterocycles. The summed E-state index contributed by atoms with van der Waals surface area (Å²) in [6.07, 6.45) is 12.6. The lowest BCUT2D eigenvalue weighted by molar-refractivity contribution is 0.292. The van der Waals surface area contributed by atoms with Gasteiger partial charge in [-0.05, 0) is 61.8 Å². The van der Waals surface area contributed by atoms with Gasteiger partial charge in [-0.25, -0.2) is 0 Å². The summed E-state index contributed by atoms with van der Waals surface area (Å²) >= 11 is 0. The smallest absolute Gasteiger partial charge is 0.119 e. The minimum absolute atomic E-state index is 0.612. The van der Waals surface area contributed by atoms with Crippen LogP contribution in [0.4, 0.5) is 0 Å². The first-order valence-electron chi connectivity index (χ1n) is 8.11. The van der Waals surface area contributed by atoms with Gasteiger partial charge in [0.05, 0.1) is 11.6 Å². The number of nitriles is 1. The van der Waals surface area contributed by atoms with E-state index in [0.717, 1.165) is 17.6 Å². The van der Waals surface area contributed by atoms with Crippen LogP contribution in [0.3, 0.4) is 0 Å². The maximum atomic E-state index is 8.74. The molecule has 1 aromatic carbocycles. The fourth-order valence-corrected chi connectivity index (χ4v) is 3.10. The molecular weight excluding hydrogens is 258 g/mol. The molecule has 0 atom stereocenters. The zero-order valence-corrected chi connectivity index (χ0v) is 12.9. The highest BCUT2D eigenvalue weighted by molar-refractivity contribution is 5.34. The van der Waals surface area contributed by atoms with Crippen molar-refractivity contribution < 1.29 is 4.74 Å². The maximum absolute atomic E-state index is 8.74. The zero-order valence-electron chi connectivity index (χ0n) is 12.9. The van der Waals surface area contributed by atoms with Crippen molar-refractivity contribution in [3.8, 4) is 11.8 Å². The fraction of sp³-hybridized carbons (Fsp3) is 0.526. The Labute approximate surface area is 128 Å². The lowest BCUT2D eigenvalue weighted by atomic mass is 9.80. The Morgan fingerprint density at radius 2 is 1.90 bits per heavy atom. The van der Waals surface area contributed by atoms with Gasteiger partial charge in [0.15, 0.2) is 0 Å². The maximum Gasteiger partial charge on any atom is 0.119 e. The molecule has 1 aliphatic carbocycles. The van der Waals surface area contributed by atoms with Gasteiger partial charge in [-0.2, -0.15) is 5.26 Å². The van der Waals surface area contributed by atoms with Crippen LogP contribution in [-0.2, 0) is 0 Å². The van der Waals surface area contributed by atoms with E-state index in [4.69, 9.17) is 10.00 Å². The summed E-state index contributed by atoms with van der Waals surface area (Å²) in [6, 6.07) is 9.38. The highest BCUT2D eigenvalue weighted by Gasteiger charge is 2.18. The summed E-state index contributed by atoms with van der Waals surface area (Å²) < 4.78 is 5.66. The Morgan fingerprint density at radius 3 is 2.52 bits per heavy atom. The van der Waals surface area contributed by atoms with Crippen LogP contribution in [-0.4, -0.2) is 6.61 Å². The van der Waals surface area contributed by atoms with Gasteiger partial charge in [0, 0.05) is 0 Å². The molecular formula is C19H25NO. The molecule has 2 rings (SSSR count). The molecule has 2 heteroatoms. The molecule has 0 aliphatic heterocycles. The largest absolute Gasteiger partial charge is 0.490 e. The van der Waals surface area contributed by atoms with Crippen molar-refractivity contribution >= 4 is 0 Å². The van der Waals surface area contributed by atoms with E-state index in [1.54, 1.807) is 12.1 Å². The Morgan fingerprint density at radius 1 is 1.19 bits per heavy atom. The van der Waals surface area contributed by atoms with Gasteiger partial charge in [-0.15, -0.1) is 0 Å². The Bertz CT molecular complexity index is 475. The highest BCUT2D eigenvalue weighted by atomic mass is 16.5. The zero-order chi connectivity index (χ0) is 14.9. The molecule has 0 unspecified atom stereocenters. The lowest BCUT2D eigenvalue weighted by Crippen LogP contribution is -2.13. The van der Waals surface area contributed by atoms with Crippen molar-refractivity contribution in [2.45, 2.75) is 45.4 Å². The van der Waals surface area contributed by atoms with Crippen LogP contribution < -0.4 is 4.74 Å². The van der Waals surface area contributed by atoms with Crippen molar-refractivity contribution in [1.29, 1.82) is 5.26 Å². The molecule has 0 spiro atoms. The number of allylic oxidation sites excluding steroid dienone is 1. The Balaban J connectivity index is 1.67. The minimum atomic E-state index is 0.612. The fourth-order valence-electron chi connectivity index (χ4n) is 3.10. The average molecular weight is 283 g/mol. The van der Waals surface area contributed by atoms with Crippen LogP contribution in [0.15, 0.2) is 36.4 Å². The van der Waals surface area contributed by atoms with Crippen molar-refractivity contribution in [3.05, 3.63) is 42.0 Å². The van der Waals surface area contributed by atoms with Gasteiger partial charge in [0.1, 0.15) is 12.4 Å². The molecule has 0 radical (unpaired) electrons. The average Bonchev–Trinajstić information content (AvgIpc) is 2.54. The second-order valence-corrected chi connectivity index (χ2v) is 5.94. The summed E-state index contributed by atoms with van der Waals surface area (Å²) in [5.74, 6) is 2.53. The van der Waals surface area contributed by atoms with E-state index in [-0.39, 0.29) is 0 Å². The SMILES string of the molecule is CCCC1CCC(/C=C/COc2ccc(C#N)cc2)CC1. The predicted molar refractivity (Wildman–Crippen MR) is 86.1 cm³/mol. The molecule has 112 valence electrons. The summed E-state index contributed by atoms with van der Waals surface area (Å²) in [7, 11) is 0. The first-order valence-corrected chi connectivity index (χ1v) is 8.11. The molecule has 0 heterocycles. The quantitative estimate of drug-likeness (QED) is 0.680. The van der Waals surface area contributed by atoms with E-state index >= 15 is 0 Å². The molecule has 21 heavy (non-hydrogen) atoms. The second kappa shape index (κ2) is 8.52. The van der Waals surface area contributed by atoms with E-state index < -0.39 is 0 Å². The van der Waals surface area contributed by atoms with Gasteiger partial charge in [0.25, 0.3) is 0 Å². The number of ether oxygens (including phenoxy) is 1. The van der Waals surface area contributed by atoms with Gasteiger partial charge >= 0.3 is 0 Å². The second-order valence-electron chi connectivity index (χ2n) is 5.94. The minimum Gasteiger partial charge on any atom is -0.490 e. The molecule has 0 amide bonds. The van der Waals surface area contributed by atoms with Gasteiger partial charge in [0.2, 0.25) is 0 Å². The number of hydrogen-bond acceptors (Lipinski definition) is 2. The molecule has 0 bridgehead atoms. The monoisotopic (exact) mass is 283 g/mol. The summed E-state index contributed by atoms with van der Waals surface area (Å²) in [6.45, 7) is 2.90. The summed E-state index contributed by atoms with van der Waals surface area (Å²) in [5.41, 5.74) is 0.668. The normalized spacial score (nSPS) is 22.1. The van der Waals surface area contributed by atoms with Gasteiger partial charge in [-0.1, -0.05) is 31.9 Å². The van der Waals surface area contributed by atoms with Crippen LogP contribution >= 0.6 is 0 Å². The third kappa shape index (κ3) is 5.27. The van der Waals surface area contributed by atoms with E-state index in [0.29, 0.717) is 12.2 Å². The number of rotatable bonds is 6. The van der Waals surface area contributed by atoms with E-state index in [1.807, 2.05) is 12.1 Å². The topological polar surface area (TPSA) is 33.0 Å². The molecule has 0 N–H and O–H groups in total. The molecule has 1 aliphatic rings. The van der Waals surface area contributed by atoms with E-state index in [9.17, 15) is 0 Å². The number of nitrogens with zero attached hydrogens (tertiary/aromatic N) is 1. The van der Waals surface area contributed by atoms with E-state index in [1.165, 1.54) is 38.5 Å². The third-order valence-electron chi connectivity index (χ3n) is 4.33. The standard InChI is InChI=1S/C19H25NO/c1-2-4-16-6-8-17(9-7-16)5-3-14-21-19-12-10-18(15-20)11-13-19/h3,5,10-13,16-17H,2,4,6-9,14H2,1H3/b5-3+. The summed E-state index contributed by atoms with van der Waals surface area (Å²) in [5, 5.41) is 8.74. The third-order valence-corrected chi connectivity index (χ3v) is 4.33. The van der Waals surface area contributed by atoms with Crippen LogP contribution in [0.1, 0.15) is 51.0 Å². The molecule has 1 fully saturated rings. The number of benzene rings is 1. The van der Waals surface area contributed by atoms with Crippen LogP contribution in [0.2, 0.25) is 0 Å². The predicted octanol–water partition coefficient (Wildman–Crippen LogP) is 5.10. The number of hydrogen-bond donors (Lipinski definition) is 0. The summed E-state index contributed by atoms with van der Waals surface area (Å²) in [4.78, 5) is 0. The molecule has 1 aromatic rings. The van der Waals surface area contributed by atoms with Crippen molar-refractivity contribution in [1.82, 2.24) is 0 Å². The Kier molecular flexibility index (Phi) is 6.34. The van der Waals surface area contributed by atoms with Crippen molar-refractivity contribution in [3.63, 3.8) is 0 Å². The van der Waals surface area contributed by atoms with E-state index in [2.05, 4.69) is 25.1 Å². The van der Waals surface area contributed by atoms with Crippen LogP contribution in [0.5, 0.6) is 5.75 Å². The first-order chi connectivity index (χ1) is 10.3. The molecule has 2 nitrogen and oxygen atoms in total.